The average Bonchev–Trinajstić information content (AvgIpc) is 3.41. The molecule has 0 bridgehead atoms. The maximum Gasteiger partial charge on any atom is 0.407 e. The number of alkyl carbamates (subject to hydrolysis) is 1. The summed E-state index contributed by atoms with van der Waals surface area (Å²) in [5.74, 6) is 2.06. The van der Waals surface area contributed by atoms with E-state index in [4.69, 9.17) is 20.7 Å². The SMILES string of the molecule is C#C/C=C(\SC)c1nc(C(Cc2ccc(NS(=O)(=O)O)cc2)NC(=O)C(Cc2ccccc2)NC(=O)OC)cs1. The van der Waals surface area contributed by atoms with E-state index in [0.29, 0.717) is 17.1 Å². The van der Waals surface area contributed by atoms with Gasteiger partial charge in [-0.25, -0.2) is 9.78 Å². The number of hydrogen-bond donors (Lipinski definition) is 4. The number of thiazole rings is 1. The summed E-state index contributed by atoms with van der Waals surface area (Å²) in [5, 5.41) is 8.13. The molecule has 210 valence electrons. The van der Waals surface area contributed by atoms with E-state index in [-0.39, 0.29) is 12.1 Å². The van der Waals surface area contributed by atoms with Gasteiger partial charge in [-0.3, -0.25) is 14.1 Å². The van der Waals surface area contributed by atoms with Crippen LogP contribution in [0.2, 0.25) is 0 Å². The molecule has 0 fully saturated rings. The lowest BCUT2D eigenvalue weighted by Gasteiger charge is -2.23. The zero-order chi connectivity index (χ0) is 29.1. The molecule has 2 atom stereocenters. The van der Waals surface area contributed by atoms with Crippen molar-refractivity contribution in [3.8, 4) is 12.3 Å². The van der Waals surface area contributed by atoms with Crippen LogP contribution in [-0.4, -0.2) is 49.4 Å². The van der Waals surface area contributed by atoms with Crippen LogP contribution < -0.4 is 15.4 Å². The highest BCUT2D eigenvalue weighted by atomic mass is 32.2. The van der Waals surface area contributed by atoms with Crippen molar-refractivity contribution < 1.29 is 27.3 Å². The van der Waals surface area contributed by atoms with E-state index >= 15 is 0 Å². The van der Waals surface area contributed by atoms with Gasteiger partial charge in [0.25, 0.3) is 0 Å². The van der Waals surface area contributed by atoms with Crippen molar-refractivity contribution in [3.63, 3.8) is 0 Å². The zero-order valence-electron chi connectivity index (χ0n) is 21.7. The first-order valence-corrected chi connectivity index (χ1v) is 15.3. The number of methoxy groups -OCH3 is 1. The molecule has 1 heterocycles. The normalized spacial score (nSPS) is 13.0. The molecule has 1 aromatic heterocycles. The third-order valence-corrected chi connectivity index (χ3v) is 7.83. The van der Waals surface area contributed by atoms with Crippen molar-refractivity contribution in [2.75, 3.05) is 18.1 Å². The average molecular weight is 601 g/mol. The van der Waals surface area contributed by atoms with E-state index in [1.165, 1.54) is 42.3 Å². The maximum absolute atomic E-state index is 13.5. The first-order valence-electron chi connectivity index (χ1n) is 11.8. The Morgan fingerprint density at radius 2 is 1.80 bits per heavy atom. The second-order valence-electron chi connectivity index (χ2n) is 8.37. The van der Waals surface area contributed by atoms with Crippen LogP contribution in [0.5, 0.6) is 0 Å². The Labute approximate surface area is 241 Å². The third-order valence-electron chi connectivity index (χ3n) is 5.56. The number of thioether (sulfide) groups is 1. The molecule has 4 N–H and O–H groups in total. The van der Waals surface area contributed by atoms with Crippen LogP contribution in [0.15, 0.2) is 66.1 Å². The number of allylic oxidation sites excluding steroid dienone is 1. The summed E-state index contributed by atoms with van der Waals surface area (Å²) in [6, 6.07) is 14.0. The number of aromatic nitrogens is 1. The van der Waals surface area contributed by atoms with Crippen molar-refractivity contribution in [2.24, 2.45) is 0 Å². The Kier molecular flexibility index (Phi) is 11.2. The smallest absolute Gasteiger partial charge is 0.407 e. The number of hydrogen-bond acceptors (Lipinski definition) is 8. The first-order chi connectivity index (χ1) is 19.1. The molecule has 0 aliphatic carbocycles. The van der Waals surface area contributed by atoms with Crippen molar-refractivity contribution in [1.29, 1.82) is 0 Å². The summed E-state index contributed by atoms with van der Waals surface area (Å²) in [5.41, 5.74) is 2.36. The fourth-order valence-electron chi connectivity index (χ4n) is 3.70. The second-order valence-corrected chi connectivity index (χ2v) is 11.2. The number of nitrogens with one attached hydrogen (secondary N) is 3. The second kappa shape index (κ2) is 14.5. The van der Waals surface area contributed by atoms with Gasteiger partial charge in [0, 0.05) is 17.9 Å². The maximum atomic E-state index is 13.5. The molecule has 0 aliphatic heterocycles. The molecule has 2 amide bonds. The Hall–Kier alpha value is -3.83. The molecule has 2 unspecified atom stereocenters. The van der Waals surface area contributed by atoms with Gasteiger partial charge in [-0.05, 0) is 35.9 Å². The number of rotatable bonds is 12. The number of carbonyl (C=O) groups excluding carboxylic acids is 2. The van der Waals surface area contributed by atoms with Gasteiger partial charge in [0.05, 0.1) is 29.4 Å². The summed E-state index contributed by atoms with van der Waals surface area (Å²) >= 11 is 2.83. The molecular weight excluding hydrogens is 573 g/mol. The van der Waals surface area contributed by atoms with Gasteiger partial charge in [0.15, 0.2) is 0 Å². The molecule has 10 nitrogen and oxygen atoms in total. The molecule has 0 spiro atoms. The Bertz CT molecular complexity index is 1480. The molecule has 13 heteroatoms. The predicted octanol–water partition coefficient (Wildman–Crippen LogP) is 4.06. The monoisotopic (exact) mass is 600 g/mol. The molecule has 3 aromatic rings. The van der Waals surface area contributed by atoms with Crippen LogP contribution in [-0.2, 0) is 32.7 Å². The molecule has 0 aliphatic rings. The number of terminal acetylenes is 1. The van der Waals surface area contributed by atoms with Crippen molar-refractivity contribution in [2.45, 2.75) is 24.9 Å². The standard InChI is InChI=1S/C27H28N4O6S3/c1-4-8-24(38-3)26-29-23(17-39-26)21(15-19-11-13-20(14-12-19)31-40(34,35)36)28-25(32)22(30-27(33)37-2)16-18-9-6-5-7-10-18/h1,5-14,17,21-22,31H,15-16H2,2-3H3,(H,28,32)(H,30,33)(H,34,35,36)/b24-8-. The molecule has 0 radical (unpaired) electrons. The number of anilines is 1. The van der Waals surface area contributed by atoms with Gasteiger partial charge in [-0.15, -0.1) is 29.5 Å². The lowest BCUT2D eigenvalue weighted by atomic mass is 10.0. The van der Waals surface area contributed by atoms with Gasteiger partial charge in [0.2, 0.25) is 5.91 Å². The molecule has 0 saturated heterocycles. The molecule has 0 saturated carbocycles. The number of amides is 2. The highest BCUT2D eigenvalue weighted by Gasteiger charge is 2.26. The Morgan fingerprint density at radius 3 is 2.40 bits per heavy atom. The largest absolute Gasteiger partial charge is 0.453 e. The van der Waals surface area contributed by atoms with E-state index < -0.39 is 34.4 Å². The summed E-state index contributed by atoms with van der Waals surface area (Å²) in [4.78, 5) is 31.1. The number of carbonyl (C=O) groups is 2. The number of ether oxygens (including phenoxy) is 1. The fraction of sp³-hybridized carbons (Fsp3) is 0.222. The minimum absolute atomic E-state index is 0.178. The van der Waals surface area contributed by atoms with Crippen molar-refractivity contribution >= 4 is 56.0 Å². The third kappa shape index (κ3) is 9.42. The summed E-state index contributed by atoms with van der Waals surface area (Å²) in [6.45, 7) is 0. The van der Waals surface area contributed by atoms with Crippen molar-refractivity contribution in [1.82, 2.24) is 15.6 Å². The van der Waals surface area contributed by atoms with Gasteiger partial charge < -0.3 is 15.4 Å². The highest BCUT2D eigenvalue weighted by Crippen LogP contribution is 2.30. The van der Waals surface area contributed by atoms with E-state index in [0.717, 1.165) is 16.0 Å². The number of benzene rings is 2. The Balaban J connectivity index is 1.91. The Morgan fingerprint density at radius 1 is 1.12 bits per heavy atom. The highest BCUT2D eigenvalue weighted by molar-refractivity contribution is 8.07. The molecular formula is C27H28N4O6S3. The first kappa shape index (κ1) is 30.7. The quantitative estimate of drug-likeness (QED) is 0.180. The minimum atomic E-state index is -4.41. The van der Waals surface area contributed by atoms with E-state index in [9.17, 15) is 18.0 Å². The van der Waals surface area contributed by atoms with Gasteiger partial charge in [-0.2, -0.15) is 8.42 Å². The topological polar surface area (TPSA) is 147 Å². The van der Waals surface area contributed by atoms with Gasteiger partial charge in [0.1, 0.15) is 11.0 Å². The lowest BCUT2D eigenvalue weighted by molar-refractivity contribution is -0.123. The number of nitrogens with zero attached hydrogens (tertiary/aromatic N) is 1. The van der Waals surface area contributed by atoms with E-state index in [2.05, 4.69) is 16.6 Å². The summed E-state index contributed by atoms with van der Waals surface area (Å²) in [7, 11) is -3.19. The molecule has 2 aromatic carbocycles. The van der Waals surface area contributed by atoms with Gasteiger partial charge in [-0.1, -0.05) is 48.4 Å². The van der Waals surface area contributed by atoms with Crippen LogP contribution in [0.1, 0.15) is 27.9 Å². The van der Waals surface area contributed by atoms with E-state index in [1.54, 1.807) is 18.2 Å². The van der Waals surface area contributed by atoms with Crippen LogP contribution in [0.3, 0.4) is 0 Å². The van der Waals surface area contributed by atoms with E-state index in [1.807, 2.05) is 46.7 Å². The molecule has 3 rings (SSSR count). The van der Waals surface area contributed by atoms with Crippen LogP contribution in [0.4, 0.5) is 10.5 Å². The van der Waals surface area contributed by atoms with Crippen molar-refractivity contribution in [3.05, 3.63) is 87.9 Å². The summed E-state index contributed by atoms with van der Waals surface area (Å²) in [6.07, 6.45) is 8.75. The fourth-order valence-corrected chi connectivity index (χ4v) is 5.72. The van der Waals surface area contributed by atoms with Crippen LogP contribution >= 0.6 is 23.1 Å². The van der Waals surface area contributed by atoms with Crippen LogP contribution in [0, 0.1) is 12.3 Å². The minimum Gasteiger partial charge on any atom is -0.453 e. The lowest BCUT2D eigenvalue weighted by Crippen LogP contribution is -2.49. The summed E-state index contributed by atoms with van der Waals surface area (Å²) < 4.78 is 38.0. The van der Waals surface area contributed by atoms with Gasteiger partial charge >= 0.3 is 16.4 Å². The zero-order valence-corrected chi connectivity index (χ0v) is 24.1. The molecule has 40 heavy (non-hydrogen) atoms. The van der Waals surface area contributed by atoms with Crippen LogP contribution in [0.25, 0.3) is 4.91 Å². The predicted molar refractivity (Wildman–Crippen MR) is 158 cm³/mol.